The number of benzene rings is 2. The van der Waals surface area contributed by atoms with Gasteiger partial charge in [0.2, 0.25) is 5.43 Å². The number of nitrogens with zero attached hydrogens (tertiary/aromatic N) is 2. The fourth-order valence-corrected chi connectivity index (χ4v) is 3.44. The molecule has 0 amide bonds. The van der Waals surface area contributed by atoms with Gasteiger partial charge in [-0.25, -0.2) is 4.98 Å². The maximum absolute atomic E-state index is 14.4. The van der Waals surface area contributed by atoms with Gasteiger partial charge < -0.3 is 14.1 Å². The number of fused-ring (bicyclic) bond motifs is 2. The van der Waals surface area contributed by atoms with Gasteiger partial charge in [-0.3, -0.25) is 4.79 Å². The molecule has 2 aromatic carbocycles. The first-order valence-electron chi connectivity index (χ1n) is 8.85. The highest BCUT2D eigenvalue weighted by Crippen LogP contribution is 2.37. The van der Waals surface area contributed by atoms with E-state index in [4.69, 9.17) is 4.42 Å². The van der Waals surface area contributed by atoms with E-state index in [1.54, 1.807) is 29.8 Å². The van der Waals surface area contributed by atoms with Crippen LogP contribution in [0.2, 0.25) is 0 Å². The Labute approximate surface area is 158 Å². The molecule has 2 heterocycles. The molecule has 1 N–H and O–H groups in total. The van der Waals surface area contributed by atoms with Crippen molar-refractivity contribution >= 4 is 22.0 Å². The van der Waals surface area contributed by atoms with E-state index in [1.165, 1.54) is 12.1 Å². The third kappa shape index (κ3) is 2.66. The largest absolute Gasteiger partial charge is 0.508 e. The Hall–Kier alpha value is -3.22. The number of aromatic nitrogens is 2. The standard InChI is InChI=1S/C21H18F2N2O3/c1-4-11-9-12-16(10-15(11)26)28-19(21(2,22)23)17(18(12)27)20-24-13-7-5-6-8-14(13)25(20)3/h5-10,26H,4H2,1-3H3. The lowest BCUT2D eigenvalue weighted by Gasteiger charge is -2.15. The first-order valence-corrected chi connectivity index (χ1v) is 8.85. The Morgan fingerprint density at radius 3 is 2.61 bits per heavy atom. The molecule has 144 valence electrons. The lowest BCUT2D eigenvalue weighted by Crippen LogP contribution is -2.18. The normalized spacial score (nSPS) is 12.2. The smallest absolute Gasteiger partial charge is 0.302 e. The van der Waals surface area contributed by atoms with Crippen molar-refractivity contribution in [2.45, 2.75) is 26.2 Å². The van der Waals surface area contributed by atoms with Crippen LogP contribution in [-0.4, -0.2) is 14.7 Å². The van der Waals surface area contributed by atoms with E-state index in [2.05, 4.69) is 4.98 Å². The van der Waals surface area contributed by atoms with Gasteiger partial charge in [-0.05, 0) is 30.2 Å². The van der Waals surface area contributed by atoms with Gasteiger partial charge in [0.25, 0.3) is 0 Å². The number of aryl methyl sites for hydroxylation is 2. The van der Waals surface area contributed by atoms with Gasteiger partial charge in [-0.15, -0.1) is 0 Å². The Bertz CT molecular complexity index is 1280. The molecule has 4 rings (SSSR count). The van der Waals surface area contributed by atoms with Crippen LogP contribution < -0.4 is 5.43 Å². The summed E-state index contributed by atoms with van der Waals surface area (Å²) in [4.78, 5) is 17.7. The van der Waals surface area contributed by atoms with Crippen molar-refractivity contribution in [1.82, 2.24) is 9.55 Å². The van der Waals surface area contributed by atoms with Gasteiger partial charge in [0.15, 0.2) is 5.76 Å². The summed E-state index contributed by atoms with van der Waals surface area (Å²) in [5.74, 6) is -4.18. The van der Waals surface area contributed by atoms with Crippen LogP contribution in [0.5, 0.6) is 5.75 Å². The lowest BCUT2D eigenvalue weighted by molar-refractivity contribution is -0.00424. The molecule has 0 atom stereocenters. The van der Waals surface area contributed by atoms with E-state index >= 15 is 0 Å². The molecular formula is C21H18F2N2O3. The van der Waals surface area contributed by atoms with Gasteiger partial charge >= 0.3 is 5.92 Å². The van der Waals surface area contributed by atoms with Gasteiger partial charge in [0, 0.05) is 20.0 Å². The minimum absolute atomic E-state index is 0.0845. The van der Waals surface area contributed by atoms with E-state index in [-0.39, 0.29) is 28.1 Å². The van der Waals surface area contributed by atoms with E-state index in [9.17, 15) is 18.7 Å². The number of hydrogen-bond acceptors (Lipinski definition) is 4. The summed E-state index contributed by atoms with van der Waals surface area (Å²) < 4.78 is 35.9. The fraction of sp³-hybridized carbons (Fsp3) is 0.238. The highest BCUT2D eigenvalue weighted by Gasteiger charge is 2.36. The number of hydrogen-bond donors (Lipinski definition) is 1. The molecule has 0 bridgehead atoms. The van der Waals surface area contributed by atoms with Crippen LogP contribution in [-0.2, 0) is 19.4 Å². The fourth-order valence-electron chi connectivity index (χ4n) is 3.44. The molecular weight excluding hydrogens is 366 g/mol. The van der Waals surface area contributed by atoms with Gasteiger partial charge in [-0.1, -0.05) is 19.1 Å². The number of imidazole rings is 1. The molecule has 0 saturated carbocycles. The highest BCUT2D eigenvalue weighted by molar-refractivity contribution is 5.86. The molecule has 28 heavy (non-hydrogen) atoms. The lowest BCUT2D eigenvalue weighted by atomic mass is 10.0. The zero-order valence-corrected chi connectivity index (χ0v) is 15.6. The van der Waals surface area contributed by atoms with E-state index in [0.29, 0.717) is 29.9 Å². The Morgan fingerprint density at radius 2 is 1.96 bits per heavy atom. The van der Waals surface area contributed by atoms with E-state index < -0.39 is 17.1 Å². The van der Waals surface area contributed by atoms with Crippen molar-refractivity contribution in [3.05, 3.63) is 57.9 Å². The minimum atomic E-state index is -3.42. The van der Waals surface area contributed by atoms with Gasteiger partial charge in [0.05, 0.1) is 16.4 Å². The van der Waals surface area contributed by atoms with Crippen molar-refractivity contribution in [2.75, 3.05) is 0 Å². The second-order valence-corrected chi connectivity index (χ2v) is 6.84. The SMILES string of the molecule is CCc1cc2c(=O)c(-c3nc4ccccc4n3C)c(C(C)(F)F)oc2cc1O. The number of halogens is 2. The number of alkyl halides is 2. The molecule has 0 spiro atoms. The second-order valence-electron chi connectivity index (χ2n) is 6.84. The number of phenolic OH excluding ortho intramolecular Hbond substituents is 1. The van der Waals surface area contributed by atoms with Crippen molar-refractivity contribution in [1.29, 1.82) is 0 Å². The number of rotatable bonds is 3. The molecule has 2 aromatic heterocycles. The first-order chi connectivity index (χ1) is 13.2. The molecule has 5 nitrogen and oxygen atoms in total. The molecule has 0 aliphatic heterocycles. The second kappa shape index (κ2) is 6.15. The Balaban J connectivity index is 2.16. The highest BCUT2D eigenvalue weighted by atomic mass is 19.3. The van der Waals surface area contributed by atoms with Crippen LogP contribution >= 0.6 is 0 Å². The van der Waals surface area contributed by atoms with Crippen LogP contribution in [0.1, 0.15) is 25.2 Å². The predicted molar refractivity (Wildman–Crippen MR) is 103 cm³/mol. The zero-order chi connectivity index (χ0) is 20.2. The van der Waals surface area contributed by atoms with Crippen molar-refractivity contribution in [2.24, 2.45) is 7.05 Å². The maximum atomic E-state index is 14.4. The monoisotopic (exact) mass is 384 g/mol. The van der Waals surface area contributed by atoms with Crippen LogP contribution in [0.4, 0.5) is 8.78 Å². The topological polar surface area (TPSA) is 68.3 Å². The quantitative estimate of drug-likeness (QED) is 0.555. The Kier molecular flexibility index (Phi) is 3.99. The molecule has 0 saturated heterocycles. The average Bonchev–Trinajstić information content (AvgIpc) is 2.97. The third-order valence-corrected chi connectivity index (χ3v) is 4.88. The summed E-state index contributed by atoms with van der Waals surface area (Å²) in [6.07, 6.45) is 0.481. The Morgan fingerprint density at radius 1 is 1.25 bits per heavy atom. The summed E-state index contributed by atoms with van der Waals surface area (Å²) in [5.41, 5.74) is 0.870. The van der Waals surface area contributed by atoms with E-state index in [1.807, 2.05) is 13.0 Å². The zero-order valence-electron chi connectivity index (χ0n) is 15.6. The number of phenols is 1. The summed E-state index contributed by atoms with van der Waals surface area (Å²) in [6.45, 7) is 2.49. The number of para-hydroxylation sites is 2. The van der Waals surface area contributed by atoms with Gasteiger partial charge in [0.1, 0.15) is 22.7 Å². The molecule has 0 aliphatic rings. The molecule has 0 unspecified atom stereocenters. The van der Waals surface area contributed by atoms with Crippen molar-refractivity contribution in [3.8, 4) is 17.1 Å². The number of aromatic hydroxyl groups is 1. The summed E-state index contributed by atoms with van der Waals surface area (Å²) >= 11 is 0. The first kappa shape index (κ1) is 18.2. The van der Waals surface area contributed by atoms with Crippen LogP contribution in [0, 0.1) is 0 Å². The van der Waals surface area contributed by atoms with Crippen LogP contribution in [0.15, 0.2) is 45.6 Å². The van der Waals surface area contributed by atoms with Crippen molar-refractivity contribution in [3.63, 3.8) is 0 Å². The molecule has 7 heteroatoms. The average molecular weight is 384 g/mol. The minimum Gasteiger partial charge on any atom is -0.508 e. The van der Waals surface area contributed by atoms with Gasteiger partial charge in [-0.2, -0.15) is 8.78 Å². The summed E-state index contributed by atoms with van der Waals surface area (Å²) in [7, 11) is 1.67. The van der Waals surface area contributed by atoms with Crippen LogP contribution in [0.3, 0.4) is 0 Å². The molecule has 4 aromatic rings. The molecule has 0 radical (unpaired) electrons. The predicted octanol–water partition coefficient (Wildman–Crippen LogP) is 4.73. The summed E-state index contributed by atoms with van der Waals surface area (Å²) in [6, 6.07) is 9.84. The summed E-state index contributed by atoms with van der Waals surface area (Å²) in [5, 5.41) is 10.2. The maximum Gasteiger partial charge on any atom is 0.302 e. The third-order valence-electron chi connectivity index (χ3n) is 4.88. The molecule has 0 fully saturated rings. The van der Waals surface area contributed by atoms with Crippen molar-refractivity contribution < 1.29 is 18.3 Å². The van der Waals surface area contributed by atoms with E-state index in [0.717, 1.165) is 0 Å². The van der Waals surface area contributed by atoms with Crippen LogP contribution in [0.25, 0.3) is 33.4 Å². The molecule has 0 aliphatic carbocycles.